The molecule has 1 aromatic carbocycles. The third-order valence-electron chi connectivity index (χ3n) is 4.44. The van der Waals surface area contributed by atoms with Crippen molar-refractivity contribution in [2.45, 2.75) is 44.7 Å². The van der Waals surface area contributed by atoms with Crippen LogP contribution in [0.1, 0.15) is 37.7 Å². The summed E-state index contributed by atoms with van der Waals surface area (Å²) >= 11 is 0. The van der Waals surface area contributed by atoms with Gasteiger partial charge in [-0.1, -0.05) is 18.6 Å². The number of fused-ring (bicyclic) bond motifs is 1. The van der Waals surface area contributed by atoms with Gasteiger partial charge < -0.3 is 5.73 Å². The van der Waals surface area contributed by atoms with Gasteiger partial charge in [0.25, 0.3) is 0 Å². The Kier molecular flexibility index (Phi) is 3.06. The average molecular weight is 230 g/mol. The molecule has 3 rings (SSSR count). The lowest BCUT2D eigenvalue weighted by molar-refractivity contribution is 0.106. The summed E-state index contributed by atoms with van der Waals surface area (Å²) in [5.74, 6) is 0.977. The van der Waals surface area contributed by atoms with Gasteiger partial charge in [-0.2, -0.15) is 0 Å². The molecule has 1 aliphatic carbocycles. The maximum atomic E-state index is 5.85. The van der Waals surface area contributed by atoms with Crippen LogP contribution in [0.15, 0.2) is 24.3 Å². The quantitative estimate of drug-likeness (QED) is 0.791. The number of likely N-dealkylation sites (tertiary alicyclic amines) is 1. The Hall–Kier alpha value is -1.02. The largest absolute Gasteiger partial charge is 0.399 e. The van der Waals surface area contributed by atoms with E-state index in [1.165, 1.54) is 44.2 Å². The first-order valence-corrected chi connectivity index (χ1v) is 6.91. The van der Waals surface area contributed by atoms with Crippen molar-refractivity contribution in [1.29, 1.82) is 0 Å². The van der Waals surface area contributed by atoms with E-state index in [1.54, 1.807) is 0 Å². The predicted molar refractivity (Wildman–Crippen MR) is 71.6 cm³/mol. The van der Waals surface area contributed by atoms with Crippen LogP contribution >= 0.6 is 0 Å². The van der Waals surface area contributed by atoms with Crippen LogP contribution in [0.25, 0.3) is 0 Å². The molecule has 2 N–H and O–H groups in total. The van der Waals surface area contributed by atoms with Crippen molar-refractivity contribution in [2.24, 2.45) is 5.92 Å². The molecule has 2 aliphatic rings. The van der Waals surface area contributed by atoms with E-state index in [4.69, 9.17) is 5.73 Å². The van der Waals surface area contributed by atoms with E-state index < -0.39 is 0 Å². The van der Waals surface area contributed by atoms with Gasteiger partial charge in [-0.05, 0) is 55.8 Å². The number of hydrogen-bond donors (Lipinski definition) is 1. The Balaban J connectivity index is 1.71. The molecule has 2 fully saturated rings. The minimum atomic E-state index is 0.852. The van der Waals surface area contributed by atoms with Crippen LogP contribution in [0.4, 0.5) is 5.69 Å². The van der Waals surface area contributed by atoms with Crippen molar-refractivity contribution in [3.63, 3.8) is 0 Å². The van der Waals surface area contributed by atoms with Crippen LogP contribution in [0.5, 0.6) is 0 Å². The average Bonchev–Trinajstić information content (AvgIpc) is 2.78. The number of nitrogens with zero attached hydrogens (tertiary/aromatic N) is 1. The van der Waals surface area contributed by atoms with E-state index in [0.717, 1.165) is 24.2 Å². The highest BCUT2D eigenvalue weighted by Crippen LogP contribution is 2.37. The first kappa shape index (κ1) is 11.1. The third-order valence-corrected chi connectivity index (χ3v) is 4.44. The number of anilines is 1. The molecule has 1 saturated carbocycles. The molecule has 1 aromatic rings. The van der Waals surface area contributed by atoms with Gasteiger partial charge in [0, 0.05) is 18.3 Å². The fourth-order valence-electron chi connectivity index (χ4n) is 3.68. The van der Waals surface area contributed by atoms with Crippen LogP contribution in [-0.4, -0.2) is 17.5 Å². The number of benzene rings is 1. The minimum absolute atomic E-state index is 0.852. The maximum absolute atomic E-state index is 5.85. The Morgan fingerprint density at radius 2 is 2.06 bits per heavy atom. The summed E-state index contributed by atoms with van der Waals surface area (Å²) in [5, 5.41) is 0. The summed E-state index contributed by atoms with van der Waals surface area (Å²) in [5.41, 5.74) is 8.12. The summed E-state index contributed by atoms with van der Waals surface area (Å²) < 4.78 is 0. The van der Waals surface area contributed by atoms with E-state index in [1.807, 2.05) is 6.07 Å². The summed E-state index contributed by atoms with van der Waals surface area (Å²) in [6.07, 6.45) is 7.13. The zero-order valence-electron chi connectivity index (χ0n) is 10.4. The lowest BCUT2D eigenvalue weighted by Gasteiger charge is -2.37. The SMILES string of the molecule is Nc1cccc(CN2CCCC3CCCC32)c1. The van der Waals surface area contributed by atoms with Crippen LogP contribution < -0.4 is 5.73 Å². The zero-order valence-corrected chi connectivity index (χ0v) is 10.4. The molecule has 1 aliphatic heterocycles. The highest BCUT2D eigenvalue weighted by molar-refractivity contribution is 5.40. The zero-order chi connectivity index (χ0) is 11.7. The predicted octanol–water partition coefficient (Wildman–Crippen LogP) is 3.03. The van der Waals surface area contributed by atoms with Crippen molar-refractivity contribution in [1.82, 2.24) is 4.90 Å². The standard InChI is InChI=1S/C15H22N2/c16-14-7-1-4-12(10-14)11-17-9-3-6-13-5-2-8-15(13)17/h1,4,7,10,13,15H,2-3,5-6,8-9,11,16H2. The molecule has 2 unspecified atom stereocenters. The molecule has 92 valence electrons. The lowest BCUT2D eigenvalue weighted by atomic mass is 9.91. The van der Waals surface area contributed by atoms with Crippen molar-refractivity contribution in [3.05, 3.63) is 29.8 Å². The van der Waals surface area contributed by atoms with Crippen LogP contribution in [0, 0.1) is 5.92 Å². The summed E-state index contributed by atoms with van der Waals surface area (Å²) in [6, 6.07) is 9.22. The van der Waals surface area contributed by atoms with E-state index >= 15 is 0 Å². The molecule has 0 bridgehead atoms. The smallest absolute Gasteiger partial charge is 0.0317 e. The number of hydrogen-bond acceptors (Lipinski definition) is 2. The van der Waals surface area contributed by atoms with Gasteiger partial charge in [-0.15, -0.1) is 0 Å². The lowest BCUT2D eigenvalue weighted by Crippen LogP contribution is -2.41. The van der Waals surface area contributed by atoms with E-state index in [9.17, 15) is 0 Å². The van der Waals surface area contributed by atoms with Gasteiger partial charge in [0.15, 0.2) is 0 Å². The maximum Gasteiger partial charge on any atom is 0.0317 e. The van der Waals surface area contributed by atoms with Crippen LogP contribution in [0.3, 0.4) is 0 Å². The third kappa shape index (κ3) is 2.32. The Bertz CT molecular complexity index is 388. The van der Waals surface area contributed by atoms with Gasteiger partial charge in [-0.25, -0.2) is 0 Å². The van der Waals surface area contributed by atoms with Crippen molar-refractivity contribution in [3.8, 4) is 0 Å². The summed E-state index contributed by atoms with van der Waals surface area (Å²) in [4.78, 5) is 2.69. The molecular weight excluding hydrogens is 208 g/mol. The highest BCUT2D eigenvalue weighted by Gasteiger charge is 2.34. The van der Waals surface area contributed by atoms with E-state index in [2.05, 4.69) is 23.1 Å². The molecule has 17 heavy (non-hydrogen) atoms. The molecule has 1 saturated heterocycles. The van der Waals surface area contributed by atoms with Gasteiger partial charge in [-0.3, -0.25) is 4.90 Å². The Morgan fingerprint density at radius 3 is 2.94 bits per heavy atom. The number of piperidine rings is 1. The molecule has 2 heteroatoms. The van der Waals surface area contributed by atoms with Crippen molar-refractivity contribution in [2.75, 3.05) is 12.3 Å². The molecule has 2 atom stereocenters. The minimum Gasteiger partial charge on any atom is -0.399 e. The fraction of sp³-hybridized carbons (Fsp3) is 0.600. The number of rotatable bonds is 2. The van der Waals surface area contributed by atoms with Crippen LogP contribution in [0.2, 0.25) is 0 Å². The fourth-order valence-corrected chi connectivity index (χ4v) is 3.68. The molecule has 0 amide bonds. The van der Waals surface area contributed by atoms with Crippen molar-refractivity contribution < 1.29 is 0 Å². The summed E-state index contributed by atoms with van der Waals surface area (Å²) in [7, 11) is 0. The van der Waals surface area contributed by atoms with Crippen LogP contribution in [-0.2, 0) is 6.54 Å². The van der Waals surface area contributed by atoms with E-state index in [-0.39, 0.29) is 0 Å². The Morgan fingerprint density at radius 1 is 1.18 bits per heavy atom. The molecule has 0 radical (unpaired) electrons. The number of nitrogens with two attached hydrogens (primary N) is 1. The highest BCUT2D eigenvalue weighted by atomic mass is 15.2. The van der Waals surface area contributed by atoms with Crippen molar-refractivity contribution >= 4 is 5.69 Å². The second-order valence-electron chi connectivity index (χ2n) is 5.62. The number of nitrogen functional groups attached to an aromatic ring is 1. The molecule has 1 heterocycles. The first-order valence-electron chi connectivity index (χ1n) is 6.91. The monoisotopic (exact) mass is 230 g/mol. The van der Waals surface area contributed by atoms with Gasteiger partial charge in [0.1, 0.15) is 0 Å². The molecule has 0 spiro atoms. The molecule has 2 nitrogen and oxygen atoms in total. The second-order valence-corrected chi connectivity index (χ2v) is 5.62. The Labute approximate surface area is 104 Å². The molecular formula is C15H22N2. The van der Waals surface area contributed by atoms with Gasteiger partial charge in [0.2, 0.25) is 0 Å². The normalized spacial score (nSPS) is 29.2. The van der Waals surface area contributed by atoms with Gasteiger partial charge >= 0.3 is 0 Å². The van der Waals surface area contributed by atoms with E-state index in [0.29, 0.717) is 0 Å². The molecule has 0 aromatic heterocycles. The summed E-state index contributed by atoms with van der Waals surface area (Å²) in [6.45, 7) is 2.36. The topological polar surface area (TPSA) is 29.3 Å². The van der Waals surface area contributed by atoms with Gasteiger partial charge in [0.05, 0.1) is 0 Å². The second kappa shape index (κ2) is 4.69. The first-order chi connectivity index (χ1) is 8.33.